The van der Waals surface area contributed by atoms with Crippen molar-refractivity contribution < 1.29 is 0 Å². The molecule has 10 heavy (non-hydrogen) atoms. The summed E-state index contributed by atoms with van der Waals surface area (Å²) in [4.78, 5) is 2.09. The third kappa shape index (κ3) is 2.69. The minimum Gasteiger partial charge on any atom is -0.371 e. The summed E-state index contributed by atoms with van der Waals surface area (Å²) >= 11 is 0. The van der Waals surface area contributed by atoms with E-state index in [4.69, 9.17) is 5.73 Å². The lowest BCUT2D eigenvalue weighted by molar-refractivity contribution is 0.385. The molecule has 0 amide bonds. The average Bonchev–Trinajstić information content (AvgIpc) is 1.99. The summed E-state index contributed by atoms with van der Waals surface area (Å²) in [5.74, 6) is 0. The molecule has 2 heteroatoms. The molecule has 0 fully saturated rings. The molecule has 2 N–H and O–H groups in total. The molecular weight excluding hydrogens is 124 g/mol. The van der Waals surface area contributed by atoms with E-state index in [1.54, 1.807) is 6.08 Å². The number of rotatable bonds is 5. The highest BCUT2D eigenvalue weighted by Crippen LogP contribution is 1.99. The standard InChI is InChI=1S/C8H16N2/c1-4-8(3)10(5-2)7-6-9/h4H,1,3,5-7,9H2,2H3. The molecule has 0 aliphatic heterocycles. The van der Waals surface area contributed by atoms with Crippen LogP contribution in [0, 0.1) is 0 Å². The van der Waals surface area contributed by atoms with Gasteiger partial charge in [-0.15, -0.1) is 0 Å². The highest BCUT2D eigenvalue weighted by molar-refractivity contribution is 5.09. The Balaban J connectivity index is 3.79. The molecule has 0 heterocycles. The Morgan fingerprint density at radius 2 is 2.30 bits per heavy atom. The van der Waals surface area contributed by atoms with E-state index >= 15 is 0 Å². The number of nitrogens with zero attached hydrogens (tertiary/aromatic N) is 1. The van der Waals surface area contributed by atoms with Crippen LogP contribution >= 0.6 is 0 Å². The van der Waals surface area contributed by atoms with E-state index in [1.165, 1.54) is 0 Å². The largest absolute Gasteiger partial charge is 0.371 e. The molecule has 0 saturated carbocycles. The molecule has 0 aliphatic carbocycles. The van der Waals surface area contributed by atoms with Crippen molar-refractivity contribution in [1.82, 2.24) is 4.90 Å². The molecule has 2 nitrogen and oxygen atoms in total. The van der Waals surface area contributed by atoms with E-state index in [0.29, 0.717) is 6.54 Å². The first-order chi connectivity index (χ1) is 4.76. The van der Waals surface area contributed by atoms with Crippen molar-refractivity contribution in [1.29, 1.82) is 0 Å². The zero-order valence-corrected chi connectivity index (χ0v) is 6.64. The topological polar surface area (TPSA) is 29.3 Å². The molecule has 0 aromatic rings. The minimum absolute atomic E-state index is 0.667. The second-order valence-electron chi connectivity index (χ2n) is 2.06. The molecule has 0 aromatic heterocycles. The summed E-state index contributed by atoms with van der Waals surface area (Å²) in [6, 6.07) is 0. The maximum absolute atomic E-state index is 5.38. The van der Waals surface area contributed by atoms with E-state index < -0.39 is 0 Å². The van der Waals surface area contributed by atoms with E-state index in [1.807, 2.05) is 0 Å². The first kappa shape index (κ1) is 9.24. The SMILES string of the molecule is C=CC(=C)N(CC)CCN. The summed E-state index contributed by atoms with van der Waals surface area (Å²) in [5, 5.41) is 0. The molecule has 0 rings (SSSR count). The van der Waals surface area contributed by atoms with Crippen molar-refractivity contribution in [2.75, 3.05) is 19.6 Å². The van der Waals surface area contributed by atoms with Gasteiger partial charge in [-0.25, -0.2) is 0 Å². The number of hydrogen-bond acceptors (Lipinski definition) is 2. The second-order valence-corrected chi connectivity index (χ2v) is 2.06. The molecule has 0 unspecified atom stereocenters. The fourth-order valence-corrected chi connectivity index (χ4v) is 0.790. The van der Waals surface area contributed by atoms with Gasteiger partial charge in [-0.1, -0.05) is 13.2 Å². The van der Waals surface area contributed by atoms with Crippen molar-refractivity contribution in [3.63, 3.8) is 0 Å². The van der Waals surface area contributed by atoms with Gasteiger partial charge in [-0.05, 0) is 13.0 Å². The Hall–Kier alpha value is -0.760. The van der Waals surface area contributed by atoms with Gasteiger partial charge < -0.3 is 10.6 Å². The van der Waals surface area contributed by atoms with Crippen molar-refractivity contribution in [2.24, 2.45) is 5.73 Å². The second kappa shape index (κ2) is 5.06. The molecule has 0 bridgehead atoms. The molecule has 0 aromatic carbocycles. The van der Waals surface area contributed by atoms with Gasteiger partial charge in [0.25, 0.3) is 0 Å². The Morgan fingerprint density at radius 1 is 1.70 bits per heavy atom. The average molecular weight is 140 g/mol. The molecule has 58 valence electrons. The first-order valence-electron chi connectivity index (χ1n) is 3.52. The van der Waals surface area contributed by atoms with Crippen LogP contribution in [0.2, 0.25) is 0 Å². The van der Waals surface area contributed by atoms with Gasteiger partial charge in [0.1, 0.15) is 0 Å². The summed E-state index contributed by atoms with van der Waals surface area (Å²) in [6.07, 6.45) is 1.75. The predicted octanol–water partition coefficient (Wildman–Crippen LogP) is 0.967. The summed E-state index contributed by atoms with van der Waals surface area (Å²) in [5.41, 5.74) is 6.33. The van der Waals surface area contributed by atoms with Crippen LogP contribution in [0.3, 0.4) is 0 Å². The summed E-state index contributed by atoms with van der Waals surface area (Å²) < 4.78 is 0. The fourth-order valence-electron chi connectivity index (χ4n) is 0.790. The Labute approximate surface area is 63.0 Å². The van der Waals surface area contributed by atoms with Gasteiger partial charge in [0.15, 0.2) is 0 Å². The van der Waals surface area contributed by atoms with Gasteiger partial charge >= 0.3 is 0 Å². The van der Waals surface area contributed by atoms with Gasteiger partial charge in [0.05, 0.1) is 0 Å². The van der Waals surface area contributed by atoms with Crippen LogP contribution in [-0.4, -0.2) is 24.5 Å². The van der Waals surface area contributed by atoms with Crippen LogP contribution in [0.1, 0.15) is 6.92 Å². The lowest BCUT2D eigenvalue weighted by Gasteiger charge is -2.21. The van der Waals surface area contributed by atoms with Crippen LogP contribution in [0.25, 0.3) is 0 Å². The maximum Gasteiger partial charge on any atom is 0.0300 e. The minimum atomic E-state index is 0.667. The quantitative estimate of drug-likeness (QED) is 0.576. The fraction of sp³-hybridized carbons (Fsp3) is 0.500. The lowest BCUT2D eigenvalue weighted by atomic mass is 10.4. The van der Waals surface area contributed by atoms with Crippen LogP contribution in [0.5, 0.6) is 0 Å². The van der Waals surface area contributed by atoms with E-state index in [0.717, 1.165) is 18.8 Å². The zero-order chi connectivity index (χ0) is 7.98. The smallest absolute Gasteiger partial charge is 0.0300 e. The molecule has 0 radical (unpaired) electrons. The highest BCUT2D eigenvalue weighted by atomic mass is 15.1. The van der Waals surface area contributed by atoms with E-state index in [2.05, 4.69) is 25.0 Å². The van der Waals surface area contributed by atoms with Crippen LogP contribution in [0.4, 0.5) is 0 Å². The van der Waals surface area contributed by atoms with Gasteiger partial charge in [-0.3, -0.25) is 0 Å². The third-order valence-corrected chi connectivity index (χ3v) is 1.42. The van der Waals surface area contributed by atoms with Gasteiger partial charge in [-0.2, -0.15) is 0 Å². The van der Waals surface area contributed by atoms with Gasteiger partial charge in [0, 0.05) is 25.3 Å². The Morgan fingerprint density at radius 3 is 2.60 bits per heavy atom. The van der Waals surface area contributed by atoms with E-state index in [-0.39, 0.29) is 0 Å². The summed E-state index contributed by atoms with van der Waals surface area (Å²) in [6.45, 7) is 12.0. The molecule has 0 saturated heterocycles. The Bertz CT molecular complexity index is 118. The van der Waals surface area contributed by atoms with E-state index in [9.17, 15) is 0 Å². The normalized spacial score (nSPS) is 9.00. The van der Waals surface area contributed by atoms with Crippen molar-refractivity contribution in [3.8, 4) is 0 Å². The van der Waals surface area contributed by atoms with Crippen molar-refractivity contribution >= 4 is 0 Å². The number of likely N-dealkylation sites (N-methyl/N-ethyl adjacent to an activating group) is 1. The maximum atomic E-state index is 5.38. The van der Waals surface area contributed by atoms with Gasteiger partial charge in [0.2, 0.25) is 0 Å². The van der Waals surface area contributed by atoms with Crippen LogP contribution in [-0.2, 0) is 0 Å². The zero-order valence-electron chi connectivity index (χ0n) is 6.64. The first-order valence-corrected chi connectivity index (χ1v) is 3.52. The monoisotopic (exact) mass is 140 g/mol. The predicted molar refractivity (Wildman–Crippen MR) is 45.6 cm³/mol. The molecule has 0 spiro atoms. The molecule has 0 atom stereocenters. The number of allylic oxidation sites excluding steroid dienone is 1. The van der Waals surface area contributed by atoms with Crippen molar-refractivity contribution in [2.45, 2.75) is 6.92 Å². The number of nitrogens with two attached hydrogens (primary N) is 1. The molecule has 0 aliphatic rings. The lowest BCUT2D eigenvalue weighted by Crippen LogP contribution is -2.27. The third-order valence-electron chi connectivity index (χ3n) is 1.42. The summed E-state index contributed by atoms with van der Waals surface area (Å²) in [7, 11) is 0. The van der Waals surface area contributed by atoms with Crippen molar-refractivity contribution in [3.05, 3.63) is 24.9 Å². The number of hydrogen-bond donors (Lipinski definition) is 1. The Kier molecular flexibility index (Phi) is 4.67. The van der Waals surface area contributed by atoms with Crippen LogP contribution in [0.15, 0.2) is 24.9 Å². The molecular formula is C8H16N2. The highest BCUT2D eigenvalue weighted by Gasteiger charge is 1.98. The van der Waals surface area contributed by atoms with Crippen LogP contribution < -0.4 is 5.73 Å².